The smallest absolute Gasteiger partial charge is 0.227 e. The van der Waals surface area contributed by atoms with Gasteiger partial charge in [-0.15, -0.1) is 0 Å². The zero-order valence-electron chi connectivity index (χ0n) is 15.1. The zero-order chi connectivity index (χ0) is 19.0. The number of halogens is 2. The van der Waals surface area contributed by atoms with Crippen molar-refractivity contribution in [2.24, 2.45) is 9.98 Å². The molecule has 0 radical (unpaired) electrons. The Morgan fingerprint density at radius 3 is 2.78 bits per heavy atom. The monoisotopic (exact) mass is 389 g/mol. The van der Waals surface area contributed by atoms with Gasteiger partial charge in [0.25, 0.3) is 0 Å². The molecule has 0 aliphatic carbocycles. The molecule has 1 fully saturated rings. The van der Waals surface area contributed by atoms with Gasteiger partial charge < -0.3 is 14.7 Å². The number of carbonyl (C=O) groups is 1. The van der Waals surface area contributed by atoms with Crippen LogP contribution in [0.15, 0.2) is 40.6 Å². The van der Waals surface area contributed by atoms with E-state index in [9.17, 15) is 9.18 Å². The van der Waals surface area contributed by atoms with Crippen LogP contribution in [0.4, 0.5) is 4.39 Å². The number of aliphatic imine (C=N–C) groups is 2. The molecule has 0 aromatic heterocycles. The predicted molar refractivity (Wildman–Crippen MR) is 103 cm³/mol. The lowest BCUT2D eigenvalue weighted by molar-refractivity contribution is -0.131. The van der Waals surface area contributed by atoms with Crippen LogP contribution in [0.5, 0.6) is 0 Å². The van der Waals surface area contributed by atoms with Crippen LogP contribution in [0.1, 0.15) is 12.5 Å². The minimum absolute atomic E-state index is 0.0206. The number of fused-ring (bicyclic) bond motifs is 1. The number of hydrogen-bond donors (Lipinski definition) is 0. The van der Waals surface area contributed by atoms with E-state index in [0.29, 0.717) is 37.2 Å². The number of piperazine rings is 1. The van der Waals surface area contributed by atoms with E-state index >= 15 is 0 Å². The topological polar surface area (TPSA) is 51.5 Å². The molecule has 3 aliphatic rings. The minimum atomic E-state index is -0.439. The van der Waals surface area contributed by atoms with E-state index < -0.39 is 5.82 Å². The molecule has 0 spiro atoms. The van der Waals surface area contributed by atoms with Crippen molar-refractivity contribution >= 4 is 29.2 Å². The second-order valence-electron chi connectivity index (χ2n) is 6.92. The largest absolute Gasteiger partial charge is 0.350 e. The van der Waals surface area contributed by atoms with E-state index in [-0.39, 0.29) is 17.9 Å². The molecule has 6 nitrogen and oxygen atoms in total. The second kappa shape index (κ2) is 7.31. The molecule has 0 saturated carbocycles. The van der Waals surface area contributed by atoms with Gasteiger partial charge in [0.2, 0.25) is 5.91 Å². The lowest BCUT2D eigenvalue weighted by atomic mass is 10.1. The fraction of sp³-hybridized carbons (Fsp3) is 0.421. The van der Waals surface area contributed by atoms with Gasteiger partial charge in [0.1, 0.15) is 5.82 Å². The van der Waals surface area contributed by atoms with Gasteiger partial charge in [-0.25, -0.2) is 9.38 Å². The Hall–Kier alpha value is -2.41. The molecule has 1 amide bonds. The number of rotatable bonds is 2. The Balaban J connectivity index is 1.39. The van der Waals surface area contributed by atoms with E-state index in [2.05, 4.69) is 26.7 Å². The summed E-state index contributed by atoms with van der Waals surface area (Å²) in [5, 5.41) is 0.291. The average Bonchev–Trinajstić information content (AvgIpc) is 3.06. The van der Waals surface area contributed by atoms with Crippen molar-refractivity contribution in [2.45, 2.75) is 19.4 Å². The number of benzene rings is 1. The van der Waals surface area contributed by atoms with Crippen LogP contribution >= 0.6 is 11.6 Å². The summed E-state index contributed by atoms with van der Waals surface area (Å²) in [7, 11) is 0. The summed E-state index contributed by atoms with van der Waals surface area (Å²) < 4.78 is 13.9. The maximum absolute atomic E-state index is 13.9. The molecule has 8 heteroatoms. The van der Waals surface area contributed by atoms with Crippen LogP contribution < -0.4 is 0 Å². The molecule has 1 atom stereocenters. The van der Waals surface area contributed by atoms with Crippen molar-refractivity contribution in [3.8, 4) is 0 Å². The van der Waals surface area contributed by atoms with Gasteiger partial charge in [-0.2, -0.15) is 0 Å². The third kappa shape index (κ3) is 3.43. The number of amides is 1. The van der Waals surface area contributed by atoms with Gasteiger partial charge in [0.15, 0.2) is 11.7 Å². The van der Waals surface area contributed by atoms with Crippen molar-refractivity contribution in [1.29, 1.82) is 0 Å². The summed E-state index contributed by atoms with van der Waals surface area (Å²) in [6.07, 6.45) is 3.74. The number of hydrogen-bond acceptors (Lipinski definition) is 5. The SMILES string of the molecule is C[C@@H]1CN=C2C(N3CCN(C(=O)Cc4c(F)cccc4Cl)CC3)=NC=CN21. The van der Waals surface area contributed by atoms with Crippen LogP contribution in [0.25, 0.3) is 0 Å². The summed E-state index contributed by atoms with van der Waals surface area (Å²) in [6.45, 7) is 5.37. The standard InChI is InChI=1S/C19H21ClFN5O/c1-13-12-23-19-18(22-5-6-26(13)19)25-9-7-24(8-10-25)17(27)11-14-15(20)3-2-4-16(14)21/h2-6,13H,7-12H2,1H3/t13-/m1/s1. The van der Waals surface area contributed by atoms with E-state index in [1.54, 1.807) is 23.2 Å². The predicted octanol–water partition coefficient (Wildman–Crippen LogP) is 2.15. The van der Waals surface area contributed by atoms with Gasteiger partial charge in [-0.1, -0.05) is 17.7 Å². The summed E-state index contributed by atoms with van der Waals surface area (Å²) in [5.41, 5.74) is 0.262. The molecule has 142 valence electrons. The van der Waals surface area contributed by atoms with Crippen molar-refractivity contribution in [2.75, 3.05) is 32.7 Å². The van der Waals surface area contributed by atoms with Crippen LogP contribution in [0.3, 0.4) is 0 Å². The Kier molecular flexibility index (Phi) is 4.86. The van der Waals surface area contributed by atoms with Crippen LogP contribution in [0, 0.1) is 5.82 Å². The quantitative estimate of drug-likeness (QED) is 0.778. The number of amidine groups is 2. The maximum atomic E-state index is 13.9. The molecule has 3 aliphatic heterocycles. The van der Waals surface area contributed by atoms with E-state index in [1.807, 2.05) is 6.20 Å². The first kappa shape index (κ1) is 18.0. The van der Waals surface area contributed by atoms with Crippen LogP contribution in [-0.4, -0.2) is 71.0 Å². The normalized spacial score (nSPS) is 21.9. The van der Waals surface area contributed by atoms with Crippen LogP contribution in [-0.2, 0) is 11.2 Å². The Morgan fingerprint density at radius 1 is 1.26 bits per heavy atom. The third-order valence-electron chi connectivity index (χ3n) is 5.17. The molecule has 27 heavy (non-hydrogen) atoms. The summed E-state index contributed by atoms with van der Waals surface area (Å²) >= 11 is 6.04. The maximum Gasteiger partial charge on any atom is 0.227 e. The van der Waals surface area contributed by atoms with Crippen molar-refractivity contribution in [3.05, 3.63) is 47.0 Å². The average molecular weight is 390 g/mol. The second-order valence-corrected chi connectivity index (χ2v) is 7.32. The number of carbonyl (C=O) groups excluding carboxylic acids is 1. The highest BCUT2D eigenvalue weighted by molar-refractivity contribution is 6.41. The Bertz CT molecular complexity index is 824. The fourth-order valence-corrected chi connectivity index (χ4v) is 3.82. The molecular formula is C19H21ClFN5O. The highest BCUT2D eigenvalue weighted by Crippen LogP contribution is 2.21. The zero-order valence-corrected chi connectivity index (χ0v) is 15.9. The van der Waals surface area contributed by atoms with E-state index in [1.165, 1.54) is 6.07 Å². The van der Waals surface area contributed by atoms with Crippen molar-refractivity contribution in [3.63, 3.8) is 0 Å². The fourth-order valence-electron chi connectivity index (χ4n) is 3.59. The van der Waals surface area contributed by atoms with Crippen molar-refractivity contribution < 1.29 is 9.18 Å². The third-order valence-corrected chi connectivity index (χ3v) is 5.52. The first-order valence-electron chi connectivity index (χ1n) is 9.08. The molecule has 0 N–H and O–H groups in total. The number of nitrogens with zero attached hydrogens (tertiary/aromatic N) is 5. The van der Waals surface area contributed by atoms with Gasteiger partial charge in [0, 0.05) is 49.2 Å². The summed E-state index contributed by atoms with van der Waals surface area (Å²) in [4.78, 5) is 27.8. The summed E-state index contributed by atoms with van der Waals surface area (Å²) in [6, 6.07) is 4.82. The molecular weight excluding hydrogens is 369 g/mol. The van der Waals surface area contributed by atoms with Gasteiger partial charge in [0.05, 0.1) is 19.0 Å². The highest BCUT2D eigenvalue weighted by atomic mass is 35.5. The molecule has 4 rings (SSSR count). The lowest BCUT2D eigenvalue weighted by Crippen LogP contribution is -2.54. The Labute approximate surface area is 162 Å². The lowest BCUT2D eigenvalue weighted by Gasteiger charge is -2.38. The molecule has 1 aromatic carbocycles. The molecule has 1 saturated heterocycles. The molecule has 1 aromatic rings. The molecule has 0 bridgehead atoms. The first-order chi connectivity index (χ1) is 13.0. The van der Waals surface area contributed by atoms with Gasteiger partial charge in [-0.05, 0) is 19.1 Å². The Morgan fingerprint density at radius 2 is 2.04 bits per heavy atom. The summed E-state index contributed by atoms with van der Waals surface area (Å²) in [5.74, 6) is 1.22. The van der Waals surface area contributed by atoms with Gasteiger partial charge in [-0.3, -0.25) is 9.79 Å². The molecule has 3 heterocycles. The van der Waals surface area contributed by atoms with Crippen molar-refractivity contribution in [1.82, 2.24) is 14.7 Å². The van der Waals surface area contributed by atoms with E-state index in [4.69, 9.17) is 11.6 Å². The first-order valence-corrected chi connectivity index (χ1v) is 9.45. The highest BCUT2D eigenvalue weighted by Gasteiger charge is 2.33. The van der Waals surface area contributed by atoms with Gasteiger partial charge >= 0.3 is 0 Å². The minimum Gasteiger partial charge on any atom is -0.350 e. The van der Waals surface area contributed by atoms with E-state index in [0.717, 1.165) is 18.2 Å². The van der Waals surface area contributed by atoms with Crippen LogP contribution in [0.2, 0.25) is 5.02 Å². The molecule has 0 unspecified atom stereocenters.